The lowest BCUT2D eigenvalue weighted by molar-refractivity contribution is -0.123. The van der Waals surface area contributed by atoms with Crippen LogP contribution in [-0.2, 0) is 9.59 Å². The number of nitrogens with one attached hydrogen (secondary N) is 3. The van der Waals surface area contributed by atoms with Crippen molar-refractivity contribution in [1.82, 2.24) is 10.6 Å². The van der Waals surface area contributed by atoms with Gasteiger partial charge in [0.2, 0.25) is 11.8 Å². The minimum Gasteiger partial charge on any atom is -0.486 e. The molecule has 2 aromatic rings. The zero-order valence-electron chi connectivity index (χ0n) is 15.1. The Morgan fingerprint density at radius 2 is 1.89 bits per heavy atom. The minimum atomic E-state index is -0.322. The lowest BCUT2D eigenvalue weighted by Crippen LogP contribution is -2.51. The Labute approximate surface area is 167 Å². The van der Waals surface area contributed by atoms with Crippen LogP contribution >= 0.6 is 11.8 Å². The second kappa shape index (κ2) is 8.53. The van der Waals surface area contributed by atoms with E-state index in [1.165, 1.54) is 11.8 Å². The molecule has 3 N–H and O–H groups in total. The maximum Gasteiger partial charge on any atom is 0.234 e. The zero-order chi connectivity index (χ0) is 19.3. The van der Waals surface area contributed by atoms with Gasteiger partial charge in [-0.15, -0.1) is 11.8 Å². The lowest BCUT2D eigenvalue weighted by Gasteiger charge is -2.31. The smallest absolute Gasteiger partial charge is 0.234 e. The molecule has 2 unspecified atom stereocenters. The van der Waals surface area contributed by atoms with Gasteiger partial charge in [0, 0.05) is 24.2 Å². The Kier molecular flexibility index (Phi) is 5.68. The van der Waals surface area contributed by atoms with Gasteiger partial charge in [-0.3, -0.25) is 14.9 Å². The summed E-state index contributed by atoms with van der Waals surface area (Å²) in [5.41, 5.74) is 1.39. The van der Waals surface area contributed by atoms with Crippen LogP contribution in [0.3, 0.4) is 0 Å². The molecule has 0 spiro atoms. The number of hydrogen-bond donors (Lipinski definition) is 3. The number of ether oxygens (including phenoxy) is 2. The van der Waals surface area contributed by atoms with Gasteiger partial charge in [0.1, 0.15) is 18.7 Å². The topological polar surface area (TPSA) is 88.7 Å². The van der Waals surface area contributed by atoms with Crippen molar-refractivity contribution in [1.29, 1.82) is 0 Å². The van der Waals surface area contributed by atoms with Crippen LogP contribution in [-0.4, -0.2) is 36.3 Å². The van der Waals surface area contributed by atoms with Gasteiger partial charge in [-0.05, 0) is 17.7 Å². The fourth-order valence-electron chi connectivity index (χ4n) is 3.14. The maximum atomic E-state index is 12.3. The van der Waals surface area contributed by atoms with E-state index in [1.54, 1.807) is 18.2 Å². The number of hydrogen-bond acceptors (Lipinski definition) is 6. The fraction of sp³-hybridized carbons (Fsp3) is 0.300. The molecule has 0 aliphatic carbocycles. The van der Waals surface area contributed by atoms with Crippen LogP contribution in [0.2, 0.25) is 0 Å². The van der Waals surface area contributed by atoms with Gasteiger partial charge >= 0.3 is 0 Å². The van der Waals surface area contributed by atoms with E-state index in [2.05, 4.69) is 16.0 Å². The molecule has 2 atom stereocenters. The molecular formula is C20H21N3O4S. The Morgan fingerprint density at radius 3 is 2.71 bits per heavy atom. The SMILES string of the molecule is O=C(CSC1NC(=O)CC(c2ccccc2)N1)Nc1ccc2c(c1)OCCO2. The molecule has 2 aliphatic rings. The van der Waals surface area contributed by atoms with Crippen molar-refractivity contribution < 1.29 is 19.1 Å². The molecule has 2 aromatic carbocycles. The number of benzene rings is 2. The molecule has 0 radical (unpaired) electrons. The molecule has 1 fully saturated rings. The van der Waals surface area contributed by atoms with E-state index in [0.29, 0.717) is 36.8 Å². The summed E-state index contributed by atoms with van der Waals surface area (Å²) >= 11 is 1.34. The van der Waals surface area contributed by atoms with Crippen LogP contribution < -0.4 is 25.4 Å². The quantitative estimate of drug-likeness (QED) is 0.715. The molecule has 0 aromatic heterocycles. The molecule has 2 amide bonds. The number of thioether (sulfide) groups is 1. The summed E-state index contributed by atoms with van der Waals surface area (Å²) in [5, 5.41) is 9.10. The van der Waals surface area contributed by atoms with Crippen molar-refractivity contribution in [2.24, 2.45) is 0 Å². The summed E-state index contributed by atoms with van der Waals surface area (Å²) in [5.74, 6) is 1.33. The molecular weight excluding hydrogens is 378 g/mol. The first-order chi connectivity index (χ1) is 13.7. The number of carbonyl (C=O) groups excluding carboxylic acids is 2. The van der Waals surface area contributed by atoms with Crippen molar-refractivity contribution in [3.8, 4) is 11.5 Å². The van der Waals surface area contributed by atoms with Gasteiger partial charge in [-0.2, -0.15) is 0 Å². The summed E-state index contributed by atoms with van der Waals surface area (Å²) in [7, 11) is 0. The fourth-order valence-corrected chi connectivity index (χ4v) is 4.01. The van der Waals surface area contributed by atoms with Gasteiger partial charge in [0.25, 0.3) is 0 Å². The zero-order valence-corrected chi connectivity index (χ0v) is 16.0. The maximum absolute atomic E-state index is 12.3. The number of amides is 2. The molecule has 2 heterocycles. The average Bonchev–Trinajstić information content (AvgIpc) is 2.72. The molecule has 2 aliphatic heterocycles. The van der Waals surface area contributed by atoms with E-state index in [4.69, 9.17) is 9.47 Å². The van der Waals surface area contributed by atoms with Crippen LogP contribution in [0.15, 0.2) is 48.5 Å². The van der Waals surface area contributed by atoms with Crippen LogP contribution in [0.25, 0.3) is 0 Å². The first-order valence-corrected chi connectivity index (χ1v) is 10.1. The first kappa shape index (κ1) is 18.6. The lowest BCUT2D eigenvalue weighted by atomic mass is 10.0. The highest BCUT2D eigenvalue weighted by Crippen LogP contribution is 2.32. The van der Waals surface area contributed by atoms with E-state index < -0.39 is 0 Å². The van der Waals surface area contributed by atoms with Gasteiger partial charge in [0.15, 0.2) is 11.5 Å². The summed E-state index contributed by atoms with van der Waals surface area (Å²) in [4.78, 5) is 24.4. The van der Waals surface area contributed by atoms with Crippen molar-refractivity contribution in [2.75, 3.05) is 24.3 Å². The highest BCUT2D eigenvalue weighted by atomic mass is 32.2. The second-order valence-corrected chi connectivity index (χ2v) is 7.59. The van der Waals surface area contributed by atoms with E-state index >= 15 is 0 Å². The normalized spacial score (nSPS) is 20.9. The largest absolute Gasteiger partial charge is 0.486 e. The van der Waals surface area contributed by atoms with Crippen molar-refractivity contribution in [3.05, 3.63) is 54.1 Å². The standard InChI is InChI=1S/C20H21N3O4S/c24-18-11-15(13-4-2-1-3-5-13)22-20(23-18)28-12-19(25)21-14-6-7-16-17(10-14)27-9-8-26-16/h1-7,10,15,20,22H,8-9,11-12H2,(H,21,25)(H,23,24). The predicted octanol–water partition coefficient (Wildman–Crippen LogP) is 2.26. The van der Waals surface area contributed by atoms with E-state index in [9.17, 15) is 9.59 Å². The number of rotatable bonds is 5. The minimum absolute atomic E-state index is 0.0302. The van der Waals surface area contributed by atoms with E-state index in [1.807, 2.05) is 30.3 Å². The predicted molar refractivity (Wildman–Crippen MR) is 107 cm³/mol. The number of carbonyl (C=O) groups is 2. The van der Waals surface area contributed by atoms with Crippen LogP contribution in [0.1, 0.15) is 18.0 Å². The monoisotopic (exact) mass is 399 g/mol. The van der Waals surface area contributed by atoms with Crippen molar-refractivity contribution >= 4 is 29.3 Å². The third-order valence-electron chi connectivity index (χ3n) is 4.44. The number of anilines is 1. The summed E-state index contributed by atoms with van der Waals surface area (Å²) in [6.45, 7) is 1.02. The summed E-state index contributed by atoms with van der Waals surface area (Å²) in [6, 6.07) is 15.1. The Balaban J connectivity index is 1.31. The third kappa shape index (κ3) is 4.58. The average molecular weight is 399 g/mol. The molecule has 1 saturated heterocycles. The van der Waals surface area contributed by atoms with Crippen molar-refractivity contribution in [3.63, 3.8) is 0 Å². The highest BCUT2D eigenvalue weighted by molar-refractivity contribution is 8.00. The van der Waals surface area contributed by atoms with Crippen LogP contribution in [0.5, 0.6) is 11.5 Å². The molecule has 8 heteroatoms. The van der Waals surface area contributed by atoms with Gasteiger partial charge in [-0.1, -0.05) is 30.3 Å². The molecule has 7 nitrogen and oxygen atoms in total. The second-order valence-electron chi connectivity index (χ2n) is 6.50. The van der Waals surface area contributed by atoms with Crippen LogP contribution in [0, 0.1) is 0 Å². The molecule has 28 heavy (non-hydrogen) atoms. The van der Waals surface area contributed by atoms with Crippen LogP contribution in [0.4, 0.5) is 5.69 Å². The Bertz CT molecular complexity index is 862. The van der Waals surface area contributed by atoms with E-state index in [-0.39, 0.29) is 29.1 Å². The molecule has 4 rings (SSSR count). The highest BCUT2D eigenvalue weighted by Gasteiger charge is 2.27. The first-order valence-electron chi connectivity index (χ1n) is 9.09. The van der Waals surface area contributed by atoms with Crippen molar-refractivity contribution in [2.45, 2.75) is 18.0 Å². The Hall–Kier alpha value is -2.71. The molecule has 0 bridgehead atoms. The Morgan fingerprint density at radius 1 is 1.11 bits per heavy atom. The summed E-state index contributed by atoms with van der Waals surface area (Å²) < 4.78 is 11.0. The van der Waals surface area contributed by atoms with E-state index in [0.717, 1.165) is 5.56 Å². The molecule has 0 saturated carbocycles. The third-order valence-corrected chi connectivity index (χ3v) is 5.46. The van der Waals surface area contributed by atoms with Gasteiger partial charge in [0.05, 0.1) is 5.75 Å². The summed E-state index contributed by atoms with van der Waals surface area (Å²) in [6.07, 6.45) is 0.379. The van der Waals surface area contributed by atoms with Gasteiger partial charge < -0.3 is 20.1 Å². The molecule has 146 valence electrons. The van der Waals surface area contributed by atoms with Gasteiger partial charge in [-0.25, -0.2) is 0 Å². The number of fused-ring (bicyclic) bond motifs is 1.